The van der Waals surface area contributed by atoms with Crippen LogP contribution < -0.4 is 15.9 Å². The predicted molar refractivity (Wildman–Crippen MR) is 270 cm³/mol. The van der Waals surface area contributed by atoms with E-state index in [1.165, 1.54) is 10.8 Å². The average molecular weight is 861 g/mol. The maximum atomic E-state index is 16.8. The SMILES string of the molecule is O=P1(c2ccccc2)c2ccccc2C2(c3ccccc3-n3c4ccccc4c4cccc2c43)c2cc(-c3nc(-c4cccc5ccccc45)nc(-c4cccc5ccccc45)n3)ccc21. The maximum Gasteiger partial charge on any atom is 0.171 e. The first kappa shape index (κ1) is 37.2. The van der Waals surface area contributed by atoms with Gasteiger partial charge in [-0.25, -0.2) is 15.0 Å². The zero-order valence-corrected chi connectivity index (χ0v) is 36.4. The molecule has 2 aliphatic rings. The number of hydrogen-bond acceptors (Lipinski definition) is 4. The third-order valence-corrected chi connectivity index (χ3v) is 17.3. The van der Waals surface area contributed by atoms with E-state index in [-0.39, 0.29) is 0 Å². The van der Waals surface area contributed by atoms with Crippen molar-refractivity contribution in [3.05, 3.63) is 247 Å². The second kappa shape index (κ2) is 13.9. The molecule has 14 rings (SSSR count). The number of nitrogens with zero attached hydrogens (tertiary/aromatic N) is 4. The lowest BCUT2D eigenvalue weighted by Crippen LogP contribution is -2.48. The van der Waals surface area contributed by atoms with Gasteiger partial charge in [0, 0.05) is 43.4 Å². The van der Waals surface area contributed by atoms with Gasteiger partial charge in [-0.3, -0.25) is 0 Å². The van der Waals surface area contributed by atoms with E-state index in [2.05, 4.69) is 193 Å². The third kappa shape index (κ3) is 4.95. The molecule has 5 nitrogen and oxygen atoms in total. The van der Waals surface area contributed by atoms with E-state index in [4.69, 9.17) is 15.0 Å². The first-order valence-electron chi connectivity index (χ1n) is 22.4. The summed E-state index contributed by atoms with van der Waals surface area (Å²) in [5, 5.41) is 9.18. The van der Waals surface area contributed by atoms with Crippen LogP contribution in [0.5, 0.6) is 0 Å². The Morgan fingerprint density at radius 2 is 0.924 bits per heavy atom. The van der Waals surface area contributed by atoms with Crippen LogP contribution in [-0.2, 0) is 9.98 Å². The van der Waals surface area contributed by atoms with Gasteiger partial charge in [-0.1, -0.05) is 200 Å². The molecule has 0 N–H and O–H groups in total. The number of para-hydroxylation sites is 3. The quantitative estimate of drug-likeness (QED) is 0.165. The highest BCUT2D eigenvalue weighted by molar-refractivity contribution is 7.85. The Morgan fingerprint density at radius 1 is 0.394 bits per heavy atom. The van der Waals surface area contributed by atoms with Crippen molar-refractivity contribution in [2.75, 3.05) is 0 Å². The summed E-state index contributed by atoms with van der Waals surface area (Å²) in [6.07, 6.45) is 0. The Bertz CT molecular complexity index is 3950. The molecular formula is C60H37N4OP. The van der Waals surface area contributed by atoms with Gasteiger partial charge < -0.3 is 9.13 Å². The van der Waals surface area contributed by atoms with E-state index in [1.54, 1.807) is 0 Å². The van der Waals surface area contributed by atoms with Crippen molar-refractivity contribution in [1.82, 2.24) is 19.5 Å². The standard InChI is InChI=1S/C60H37N4OP/c65-66(41-21-2-1-3-22-41)54-34-13-10-30-49(54)60(48-29-9-12-33-53(48)64-52-32-11-8-25-44(52)45-26-16-31-50(60)56(45)64)51-37-40(35-36-55(51)66)57-61-58(46-27-14-19-38-17-4-6-23-42(38)46)63-59(62-57)47-28-15-20-39-18-5-7-24-43(39)47/h1-37H. The fourth-order valence-electron chi connectivity index (χ4n) is 11.4. The Kier molecular flexibility index (Phi) is 7.82. The molecule has 6 heteroatoms. The minimum atomic E-state index is -3.48. The highest BCUT2D eigenvalue weighted by Gasteiger charge is 2.54. The number of hydrogen-bond donors (Lipinski definition) is 0. The van der Waals surface area contributed by atoms with E-state index < -0.39 is 12.6 Å². The lowest BCUT2D eigenvalue weighted by molar-refractivity contribution is 0.590. The van der Waals surface area contributed by atoms with Gasteiger partial charge in [-0.15, -0.1) is 0 Å². The van der Waals surface area contributed by atoms with Crippen molar-refractivity contribution in [1.29, 1.82) is 0 Å². The maximum absolute atomic E-state index is 16.8. The molecule has 0 fully saturated rings. The molecule has 0 saturated heterocycles. The molecule has 10 aromatic carbocycles. The molecule has 308 valence electrons. The highest BCUT2D eigenvalue weighted by atomic mass is 31.2. The second-order valence-electron chi connectivity index (χ2n) is 17.4. The fraction of sp³-hybridized carbons (Fsp3) is 0.0167. The molecule has 0 bridgehead atoms. The molecule has 0 aliphatic carbocycles. The van der Waals surface area contributed by atoms with Gasteiger partial charge >= 0.3 is 0 Å². The van der Waals surface area contributed by atoms with Gasteiger partial charge in [-0.05, 0) is 68.1 Å². The number of fused-ring (bicyclic) bond motifs is 13. The summed E-state index contributed by atoms with van der Waals surface area (Å²) in [5.41, 5.74) is 9.43. The average Bonchev–Trinajstić information content (AvgIpc) is 3.73. The summed E-state index contributed by atoms with van der Waals surface area (Å²) in [4.78, 5) is 16.1. The van der Waals surface area contributed by atoms with Crippen molar-refractivity contribution in [3.63, 3.8) is 0 Å². The molecule has 2 aliphatic heterocycles. The van der Waals surface area contributed by atoms with E-state index in [1.807, 2.05) is 36.4 Å². The summed E-state index contributed by atoms with van der Waals surface area (Å²) in [6, 6.07) is 78.6. The predicted octanol–water partition coefficient (Wildman–Crippen LogP) is 12.9. The van der Waals surface area contributed by atoms with Crippen LogP contribution in [0, 0.1) is 0 Å². The van der Waals surface area contributed by atoms with E-state index in [0.29, 0.717) is 17.5 Å². The van der Waals surface area contributed by atoms with Crippen LogP contribution >= 0.6 is 7.14 Å². The third-order valence-electron chi connectivity index (χ3n) is 14.1. The van der Waals surface area contributed by atoms with Crippen LogP contribution in [0.3, 0.4) is 0 Å². The smallest absolute Gasteiger partial charge is 0.171 e. The Labute approximate surface area is 380 Å². The molecule has 2 atom stereocenters. The molecule has 1 spiro atoms. The van der Waals surface area contributed by atoms with Crippen LogP contribution in [0.1, 0.15) is 22.3 Å². The first-order chi connectivity index (χ1) is 32.6. The minimum absolute atomic E-state index is 0.540. The molecule has 0 amide bonds. The molecule has 12 aromatic rings. The van der Waals surface area contributed by atoms with Crippen LogP contribution in [-0.4, -0.2) is 19.5 Å². The Morgan fingerprint density at radius 3 is 1.67 bits per heavy atom. The zero-order valence-electron chi connectivity index (χ0n) is 35.5. The zero-order chi connectivity index (χ0) is 43.6. The van der Waals surface area contributed by atoms with E-state index in [9.17, 15) is 0 Å². The van der Waals surface area contributed by atoms with Crippen molar-refractivity contribution in [2.24, 2.45) is 0 Å². The van der Waals surface area contributed by atoms with Gasteiger partial charge in [-0.2, -0.15) is 0 Å². The van der Waals surface area contributed by atoms with Crippen molar-refractivity contribution >= 4 is 66.4 Å². The monoisotopic (exact) mass is 860 g/mol. The molecule has 0 saturated carbocycles. The second-order valence-corrected chi connectivity index (χ2v) is 20.1. The topological polar surface area (TPSA) is 60.7 Å². The molecule has 2 unspecified atom stereocenters. The van der Waals surface area contributed by atoms with Crippen molar-refractivity contribution in [2.45, 2.75) is 5.41 Å². The van der Waals surface area contributed by atoms with Gasteiger partial charge in [0.15, 0.2) is 24.6 Å². The summed E-state index contributed by atoms with van der Waals surface area (Å²) >= 11 is 0. The van der Waals surface area contributed by atoms with Gasteiger partial charge in [0.1, 0.15) is 0 Å². The summed E-state index contributed by atoms with van der Waals surface area (Å²) in [7, 11) is -3.48. The number of benzene rings is 10. The van der Waals surface area contributed by atoms with E-state index in [0.717, 1.165) is 93.1 Å². The van der Waals surface area contributed by atoms with Gasteiger partial charge in [0.2, 0.25) is 0 Å². The Balaban J connectivity index is 1.13. The lowest BCUT2D eigenvalue weighted by Gasteiger charge is -2.47. The molecule has 2 aromatic heterocycles. The first-order valence-corrected chi connectivity index (χ1v) is 24.1. The molecule has 66 heavy (non-hydrogen) atoms. The largest absolute Gasteiger partial charge is 0.309 e. The highest BCUT2D eigenvalue weighted by Crippen LogP contribution is 2.61. The van der Waals surface area contributed by atoms with Crippen molar-refractivity contribution < 1.29 is 4.57 Å². The van der Waals surface area contributed by atoms with Crippen LogP contribution in [0.15, 0.2) is 224 Å². The van der Waals surface area contributed by atoms with Crippen LogP contribution in [0.25, 0.3) is 83.2 Å². The lowest BCUT2D eigenvalue weighted by atomic mass is 9.62. The van der Waals surface area contributed by atoms with Gasteiger partial charge in [0.25, 0.3) is 0 Å². The number of rotatable bonds is 4. The number of aromatic nitrogens is 4. The summed E-state index contributed by atoms with van der Waals surface area (Å²) < 4.78 is 19.2. The molecule has 0 radical (unpaired) electrons. The van der Waals surface area contributed by atoms with E-state index >= 15 is 4.57 Å². The molecular weight excluding hydrogens is 824 g/mol. The Hall–Kier alpha value is -8.24. The van der Waals surface area contributed by atoms with Crippen LogP contribution in [0.4, 0.5) is 0 Å². The summed E-state index contributed by atoms with van der Waals surface area (Å²) in [6.45, 7) is 0. The summed E-state index contributed by atoms with van der Waals surface area (Å²) in [5.74, 6) is 1.72. The fourth-order valence-corrected chi connectivity index (χ4v) is 14.5. The van der Waals surface area contributed by atoms with Gasteiger partial charge in [0.05, 0.1) is 22.1 Å². The normalized spacial score (nSPS) is 17.0. The minimum Gasteiger partial charge on any atom is -0.309 e. The molecule has 4 heterocycles. The van der Waals surface area contributed by atoms with Crippen molar-refractivity contribution in [3.8, 4) is 39.9 Å². The van der Waals surface area contributed by atoms with Crippen LogP contribution in [0.2, 0.25) is 0 Å².